The first kappa shape index (κ1) is 13.8. The first-order valence-electron chi connectivity index (χ1n) is 7.17. The average Bonchev–Trinajstić information content (AvgIpc) is 2.97. The predicted octanol–water partition coefficient (Wildman–Crippen LogP) is 3.36. The molecule has 0 saturated carbocycles. The second kappa shape index (κ2) is 6.06. The Balaban J connectivity index is 1.66. The number of benzene rings is 2. The van der Waals surface area contributed by atoms with E-state index in [2.05, 4.69) is 12.2 Å². The lowest BCUT2D eigenvalue weighted by Crippen LogP contribution is -2.20. The molecule has 3 rings (SSSR count). The van der Waals surface area contributed by atoms with E-state index in [1.54, 1.807) is 12.1 Å². The molecule has 2 aromatic rings. The van der Waals surface area contributed by atoms with Crippen LogP contribution in [0.15, 0.2) is 42.5 Å². The van der Waals surface area contributed by atoms with Gasteiger partial charge in [-0.25, -0.2) is 0 Å². The molecule has 0 bridgehead atoms. The van der Waals surface area contributed by atoms with Crippen LogP contribution >= 0.6 is 0 Å². The van der Waals surface area contributed by atoms with E-state index in [9.17, 15) is 5.11 Å². The fourth-order valence-electron chi connectivity index (χ4n) is 2.50. The Morgan fingerprint density at radius 2 is 1.86 bits per heavy atom. The number of phenolic OH excluding ortho intramolecular Hbond substituents is 1. The maximum absolute atomic E-state index is 9.36. The minimum absolute atomic E-state index is 0.260. The standard InChI is InChI=1S/C17H19NO3/c1-2-15(13-4-6-14(19)7-5-13)18-10-12-3-8-16-17(9-12)21-11-20-16/h3-9,15,18-19H,2,10-11H2,1H3. The highest BCUT2D eigenvalue weighted by atomic mass is 16.7. The third-order valence-corrected chi connectivity index (χ3v) is 3.69. The highest BCUT2D eigenvalue weighted by Crippen LogP contribution is 2.32. The molecule has 0 spiro atoms. The zero-order valence-electron chi connectivity index (χ0n) is 12.0. The monoisotopic (exact) mass is 285 g/mol. The summed E-state index contributed by atoms with van der Waals surface area (Å²) in [5.74, 6) is 1.92. The SMILES string of the molecule is CCC(NCc1ccc2c(c1)OCO2)c1ccc(O)cc1. The van der Waals surface area contributed by atoms with Gasteiger partial charge in [0.05, 0.1) is 0 Å². The number of hydrogen-bond donors (Lipinski definition) is 2. The molecule has 0 fully saturated rings. The molecule has 1 unspecified atom stereocenters. The summed E-state index contributed by atoms with van der Waals surface area (Å²) in [6.07, 6.45) is 0.981. The molecule has 0 radical (unpaired) electrons. The normalized spacial score (nSPS) is 14.1. The molecule has 4 heteroatoms. The molecule has 110 valence electrons. The quantitative estimate of drug-likeness (QED) is 0.884. The highest BCUT2D eigenvalue weighted by Gasteiger charge is 2.14. The van der Waals surface area contributed by atoms with Crippen LogP contribution in [0.1, 0.15) is 30.5 Å². The van der Waals surface area contributed by atoms with Gasteiger partial charge in [-0.15, -0.1) is 0 Å². The molecule has 1 atom stereocenters. The fraction of sp³-hybridized carbons (Fsp3) is 0.294. The van der Waals surface area contributed by atoms with Crippen molar-refractivity contribution in [1.29, 1.82) is 0 Å². The zero-order chi connectivity index (χ0) is 14.7. The molecule has 1 heterocycles. The lowest BCUT2D eigenvalue weighted by molar-refractivity contribution is 0.174. The Morgan fingerprint density at radius 3 is 2.62 bits per heavy atom. The summed E-state index contributed by atoms with van der Waals surface area (Å²) < 4.78 is 10.7. The summed E-state index contributed by atoms with van der Waals surface area (Å²) in [6.45, 7) is 3.21. The number of nitrogens with one attached hydrogen (secondary N) is 1. The number of aromatic hydroxyl groups is 1. The molecule has 21 heavy (non-hydrogen) atoms. The van der Waals surface area contributed by atoms with Gasteiger partial charge in [0.25, 0.3) is 0 Å². The van der Waals surface area contributed by atoms with Crippen LogP contribution in [0.4, 0.5) is 0 Å². The fourth-order valence-corrected chi connectivity index (χ4v) is 2.50. The van der Waals surface area contributed by atoms with E-state index in [0.717, 1.165) is 30.0 Å². The summed E-state index contributed by atoms with van der Waals surface area (Å²) in [7, 11) is 0. The average molecular weight is 285 g/mol. The summed E-state index contributed by atoms with van der Waals surface area (Å²) >= 11 is 0. The van der Waals surface area contributed by atoms with Gasteiger partial charge in [0, 0.05) is 12.6 Å². The predicted molar refractivity (Wildman–Crippen MR) is 80.5 cm³/mol. The number of phenols is 1. The first-order valence-corrected chi connectivity index (χ1v) is 7.17. The van der Waals surface area contributed by atoms with Crippen LogP contribution in [0.2, 0.25) is 0 Å². The van der Waals surface area contributed by atoms with Crippen molar-refractivity contribution < 1.29 is 14.6 Å². The van der Waals surface area contributed by atoms with Crippen molar-refractivity contribution in [2.45, 2.75) is 25.9 Å². The zero-order valence-corrected chi connectivity index (χ0v) is 12.0. The van der Waals surface area contributed by atoms with Crippen molar-refractivity contribution >= 4 is 0 Å². The van der Waals surface area contributed by atoms with Crippen LogP contribution < -0.4 is 14.8 Å². The molecule has 1 aliphatic heterocycles. The Hall–Kier alpha value is -2.20. The Labute approximate surface area is 124 Å². The summed E-state index contributed by atoms with van der Waals surface area (Å²) in [5, 5.41) is 12.9. The van der Waals surface area contributed by atoms with Gasteiger partial charge in [0.2, 0.25) is 6.79 Å². The first-order chi connectivity index (χ1) is 10.3. The molecule has 2 aromatic carbocycles. The van der Waals surface area contributed by atoms with E-state index in [0.29, 0.717) is 12.5 Å². The minimum Gasteiger partial charge on any atom is -0.508 e. The second-order valence-electron chi connectivity index (χ2n) is 5.12. The Morgan fingerprint density at radius 1 is 1.10 bits per heavy atom. The second-order valence-corrected chi connectivity index (χ2v) is 5.12. The van der Waals surface area contributed by atoms with Gasteiger partial charge < -0.3 is 19.9 Å². The molecule has 0 aromatic heterocycles. The molecular formula is C17H19NO3. The van der Waals surface area contributed by atoms with Crippen molar-refractivity contribution in [1.82, 2.24) is 5.32 Å². The van der Waals surface area contributed by atoms with Crippen LogP contribution in [-0.4, -0.2) is 11.9 Å². The van der Waals surface area contributed by atoms with Crippen LogP contribution in [0.3, 0.4) is 0 Å². The molecule has 1 aliphatic rings. The lowest BCUT2D eigenvalue weighted by atomic mass is 10.0. The maximum Gasteiger partial charge on any atom is 0.231 e. The number of fused-ring (bicyclic) bond motifs is 1. The Bertz CT molecular complexity index is 610. The third kappa shape index (κ3) is 3.11. The van der Waals surface area contributed by atoms with Crippen molar-refractivity contribution in [3.63, 3.8) is 0 Å². The largest absolute Gasteiger partial charge is 0.508 e. The van der Waals surface area contributed by atoms with Crippen molar-refractivity contribution in [2.24, 2.45) is 0 Å². The van der Waals surface area contributed by atoms with Gasteiger partial charge in [0.1, 0.15) is 5.75 Å². The van der Waals surface area contributed by atoms with Gasteiger partial charge in [-0.1, -0.05) is 25.1 Å². The van der Waals surface area contributed by atoms with Crippen LogP contribution in [0, 0.1) is 0 Å². The van der Waals surface area contributed by atoms with Crippen molar-refractivity contribution in [2.75, 3.05) is 6.79 Å². The molecule has 0 saturated heterocycles. The smallest absolute Gasteiger partial charge is 0.231 e. The topological polar surface area (TPSA) is 50.7 Å². The molecule has 0 amide bonds. The maximum atomic E-state index is 9.36. The summed E-state index contributed by atoms with van der Waals surface area (Å²) in [4.78, 5) is 0. The van der Waals surface area contributed by atoms with Crippen LogP contribution in [-0.2, 0) is 6.54 Å². The van der Waals surface area contributed by atoms with Gasteiger partial charge in [0.15, 0.2) is 11.5 Å². The van der Waals surface area contributed by atoms with E-state index in [1.165, 1.54) is 5.56 Å². The molecular weight excluding hydrogens is 266 g/mol. The van der Waals surface area contributed by atoms with Gasteiger partial charge in [-0.3, -0.25) is 0 Å². The van der Waals surface area contributed by atoms with E-state index in [4.69, 9.17) is 9.47 Å². The molecule has 2 N–H and O–H groups in total. The van der Waals surface area contributed by atoms with Gasteiger partial charge in [-0.05, 0) is 41.8 Å². The number of rotatable bonds is 5. The number of hydrogen-bond acceptors (Lipinski definition) is 4. The third-order valence-electron chi connectivity index (χ3n) is 3.69. The number of ether oxygens (including phenoxy) is 2. The minimum atomic E-state index is 0.260. The van der Waals surface area contributed by atoms with Crippen LogP contribution in [0.5, 0.6) is 17.2 Å². The van der Waals surface area contributed by atoms with E-state index in [-0.39, 0.29) is 6.04 Å². The van der Waals surface area contributed by atoms with E-state index < -0.39 is 0 Å². The van der Waals surface area contributed by atoms with Gasteiger partial charge in [-0.2, -0.15) is 0 Å². The van der Waals surface area contributed by atoms with E-state index in [1.807, 2.05) is 30.3 Å². The van der Waals surface area contributed by atoms with E-state index >= 15 is 0 Å². The lowest BCUT2D eigenvalue weighted by Gasteiger charge is -2.17. The van der Waals surface area contributed by atoms with Crippen LogP contribution in [0.25, 0.3) is 0 Å². The summed E-state index contributed by atoms with van der Waals surface area (Å²) in [6, 6.07) is 13.6. The molecule has 0 aliphatic carbocycles. The molecule has 4 nitrogen and oxygen atoms in total. The highest BCUT2D eigenvalue weighted by molar-refractivity contribution is 5.44. The Kier molecular flexibility index (Phi) is 3.97. The van der Waals surface area contributed by atoms with Crippen molar-refractivity contribution in [3.05, 3.63) is 53.6 Å². The summed E-state index contributed by atoms with van der Waals surface area (Å²) in [5.41, 5.74) is 2.34. The van der Waals surface area contributed by atoms with Crippen molar-refractivity contribution in [3.8, 4) is 17.2 Å². The van der Waals surface area contributed by atoms with Gasteiger partial charge >= 0.3 is 0 Å².